The summed E-state index contributed by atoms with van der Waals surface area (Å²) in [6, 6.07) is 3.97. The van der Waals surface area contributed by atoms with Gasteiger partial charge >= 0.3 is 0 Å². The number of hydrogen-bond donors (Lipinski definition) is 0. The summed E-state index contributed by atoms with van der Waals surface area (Å²) in [6.07, 6.45) is 3.55. The Morgan fingerprint density at radius 1 is 1.16 bits per heavy atom. The summed E-state index contributed by atoms with van der Waals surface area (Å²) in [6.45, 7) is 3.44. The molecule has 1 aliphatic rings. The van der Waals surface area contributed by atoms with Gasteiger partial charge in [-0.05, 0) is 17.7 Å². The SMILES string of the molecule is O=S(=O)(CCCl)N1CCN(Cc2ccncc2)CC1. The fourth-order valence-electron chi connectivity index (χ4n) is 2.14. The molecule has 2 rings (SSSR count). The van der Waals surface area contributed by atoms with Crippen LogP contribution < -0.4 is 0 Å². The molecule has 0 amide bonds. The molecule has 0 aromatic carbocycles. The molecule has 0 unspecified atom stereocenters. The molecule has 0 aliphatic carbocycles. The van der Waals surface area contributed by atoms with Crippen molar-refractivity contribution in [3.8, 4) is 0 Å². The van der Waals surface area contributed by atoms with E-state index in [-0.39, 0.29) is 11.6 Å². The molecule has 1 aromatic heterocycles. The molecule has 0 spiro atoms. The predicted octanol–water partition coefficient (Wildman–Crippen LogP) is 0.768. The van der Waals surface area contributed by atoms with Crippen LogP contribution >= 0.6 is 11.6 Å². The number of halogens is 1. The Hall–Kier alpha value is -0.690. The van der Waals surface area contributed by atoms with E-state index in [1.807, 2.05) is 12.1 Å². The molecule has 1 saturated heterocycles. The van der Waals surface area contributed by atoms with Crippen LogP contribution in [0, 0.1) is 0 Å². The van der Waals surface area contributed by atoms with E-state index in [0.717, 1.165) is 19.6 Å². The molecule has 106 valence electrons. The highest BCUT2D eigenvalue weighted by molar-refractivity contribution is 7.89. The molecule has 0 bridgehead atoms. The molecular weight excluding hydrogens is 286 g/mol. The molecular formula is C12H18ClN3O2S. The minimum Gasteiger partial charge on any atom is -0.296 e. The first kappa shape index (κ1) is 14.7. The zero-order chi connectivity index (χ0) is 13.7. The van der Waals surface area contributed by atoms with Crippen LogP contribution in [-0.4, -0.2) is 60.4 Å². The highest BCUT2D eigenvalue weighted by atomic mass is 35.5. The molecule has 0 atom stereocenters. The highest BCUT2D eigenvalue weighted by Gasteiger charge is 2.26. The van der Waals surface area contributed by atoms with Gasteiger partial charge in [0.05, 0.1) is 5.75 Å². The molecule has 2 heterocycles. The average Bonchev–Trinajstić information content (AvgIpc) is 2.40. The zero-order valence-corrected chi connectivity index (χ0v) is 12.3. The summed E-state index contributed by atoms with van der Waals surface area (Å²) >= 11 is 5.52. The second-order valence-electron chi connectivity index (χ2n) is 4.54. The summed E-state index contributed by atoms with van der Waals surface area (Å²) in [5.74, 6) is 0.179. The number of pyridine rings is 1. The monoisotopic (exact) mass is 303 g/mol. The molecule has 0 N–H and O–H groups in total. The van der Waals surface area contributed by atoms with E-state index in [4.69, 9.17) is 11.6 Å². The Kier molecular flexibility index (Phi) is 5.15. The lowest BCUT2D eigenvalue weighted by atomic mass is 10.2. The molecule has 1 aliphatic heterocycles. The second-order valence-corrected chi connectivity index (χ2v) is 7.00. The lowest BCUT2D eigenvalue weighted by Crippen LogP contribution is -2.48. The fourth-order valence-corrected chi connectivity index (χ4v) is 3.90. The first-order chi connectivity index (χ1) is 9.12. The van der Waals surface area contributed by atoms with Gasteiger partial charge in [0.15, 0.2) is 0 Å². The maximum absolute atomic E-state index is 11.9. The van der Waals surface area contributed by atoms with Crippen molar-refractivity contribution in [1.29, 1.82) is 0 Å². The summed E-state index contributed by atoms with van der Waals surface area (Å²) in [4.78, 5) is 6.24. The van der Waals surface area contributed by atoms with Crippen molar-refractivity contribution in [2.24, 2.45) is 0 Å². The normalized spacial score (nSPS) is 18.6. The lowest BCUT2D eigenvalue weighted by Gasteiger charge is -2.33. The maximum atomic E-state index is 11.9. The molecule has 0 radical (unpaired) electrons. The topological polar surface area (TPSA) is 53.5 Å². The van der Waals surface area contributed by atoms with Crippen LogP contribution in [-0.2, 0) is 16.6 Å². The maximum Gasteiger partial charge on any atom is 0.215 e. The number of sulfonamides is 1. The first-order valence-electron chi connectivity index (χ1n) is 6.27. The van der Waals surface area contributed by atoms with Crippen LogP contribution in [0.2, 0.25) is 0 Å². The van der Waals surface area contributed by atoms with E-state index < -0.39 is 10.0 Å². The van der Waals surface area contributed by atoms with Gasteiger partial charge in [-0.1, -0.05) is 0 Å². The number of hydrogen-bond acceptors (Lipinski definition) is 4. The van der Waals surface area contributed by atoms with Crippen LogP contribution in [0.15, 0.2) is 24.5 Å². The van der Waals surface area contributed by atoms with Gasteiger partial charge in [-0.2, -0.15) is 4.31 Å². The van der Waals surface area contributed by atoms with Crippen LogP contribution in [0.4, 0.5) is 0 Å². The van der Waals surface area contributed by atoms with Crippen LogP contribution in [0.5, 0.6) is 0 Å². The second kappa shape index (κ2) is 6.65. The number of nitrogens with zero attached hydrogens (tertiary/aromatic N) is 3. The van der Waals surface area contributed by atoms with Crippen molar-refractivity contribution >= 4 is 21.6 Å². The van der Waals surface area contributed by atoms with Crippen molar-refractivity contribution in [3.63, 3.8) is 0 Å². The van der Waals surface area contributed by atoms with Gasteiger partial charge in [0, 0.05) is 51.0 Å². The number of piperazine rings is 1. The van der Waals surface area contributed by atoms with Crippen molar-refractivity contribution < 1.29 is 8.42 Å². The van der Waals surface area contributed by atoms with E-state index in [0.29, 0.717) is 13.1 Å². The summed E-state index contributed by atoms with van der Waals surface area (Å²) in [5.41, 5.74) is 1.20. The minimum absolute atomic E-state index is 0.0267. The third-order valence-corrected chi connectivity index (χ3v) is 5.50. The van der Waals surface area contributed by atoms with Gasteiger partial charge in [0.1, 0.15) is 0 Å². The third kappa shape index (κ3) is 4.14. The lowest BCUT2D eigenvalue weighted by molar-refractivity contribution is 0.181. The van der Waals surface area contributed by atoms with Crippen LogP contribution in [0.25, 0.3) is 0 Å². The average molecular weight is 304 g/mol. The van der Waals surface area contributed by atoms with Crippen LogP contribution in [0.1, 0.15) is 5.56 Å². The van der Waals surface area contributed by atoms with Crippen molar-refractivity contribution in [1.82, 2.24) is 14.2 Å². The smallest absolute Gasteiger partial charge is 0.215 e. The van der Waals surface area contributed by atoms with Gasteiger partial charge in [0.2, 0.25) is 10.0 Å². The van der Waals surface area contributed by atoms with Crippen molar-refractivity contribution in [2.45, 2.75) is 6.54 Å². The standard InChI is InChI=1S/C12H18ClN3O2S/c13-3-10-19(17,18)16-8-6-15(7-9-16)11-12-1-4-14-5-2-12/h1-2,4-5H,3,6-11H2. The fraction of sp³-hybridized carbons (Fsp3) is 0.583. The third-order valence-electron chi connectivity index (χ3n) is 3.22. The Morgan fingerprint density at radius 3 is 2.37 bits per heavy atom. The summed E-state index contributed by atoms with van der Waals surface area (Å²) in [7, 11) is -3.16. The minimum atomic E-state index is -3.16. The van der Waals surface area contributed by atoms with Crippen molar-refractivity contribution in [2.75, 3.05) is 37.8 Å². The first-order valence-corrected chi connectivity index (χ1v) is 8.41. The van der Waals surface area contributed by atoms with E-state index in [2.05, 4.69) is 9.88 Å². The van der Waals surface area contributed by atoms with Gasteiger partial charge in [-0.15, -0.1) is 11.6 Å². The van der Waals surface area contributed by atoms with Crippen LogP contribution in [0.3, 0.4) is 0 Å². The van der Waals surface area contributed by atoms with E-state index >= 15 is 0 Å². The van der Waals surface area contributed by atoms with Crippen molar-refractivity contribution in [3.05, 3.63) is 30.1 Å². The van der Waals surface area contributed by atoms with E-state index in [1.165, 1.54) is 5.56 Å². The Morgan fingerprint density at radius 2 is 1.79 bits per heavy atom. The summed E-state index contributed by atoms with van der Waals surface area (Å²) in [5, 5.41) is 0. The number of aromatic nitrogens is 1. The molecule has 5 nitrogen and oxygen atoms in total. The Balaban J connectivity index is 1.86. The molecule has 19 heavy (non-hydrogen) atoms. The number of alkyl halides is 1. The van der Waals surface area contributed by atoms with Gasteiger partial charge < -0.3 is 0 Å². The quantitative estimate of drug-likeness (QED) is 0.754. The van der Waals surface area contributed by atoms with Gasteiger partial charge in [-0.25, -0.2) is 8.42 Å². The predicted molar refractivity (Wildman–Crippen MR) is 75.6 cm³/mol. The van der Waals surface area contributed by atoms with Gasteiger partial charge in [0.25, 0.3) is 0 Å². The van der Waals surface area contributed by atoms with E-state index in [9.17, 15) is 8.42 Å². The largest absolute Gasteiger partial charge is 0.296 e. The number of rotatable bonds is 5. The zero-order valence-electron chi connectivity index (χ0n) is 10.7. The molecule has 1 fully saturated rings. The molecule has 7 heteroatoms. The highest BCUT2D eigenvalue weighted by Crippen LogP contribution is 2.11. The molecule has 1 aromatic rings. The Labute approximate surface area is 119 Å². The summed E-state index contributed by atoms with van der Waals surface area (Å²) < 4.78 is 25.3. The van der Waals surface area contributed by atoms with E-state index in [1.54, 1.807) is 16.7 Å². The van der Waals surface area contributed by atoms with Gasteiger partial charge in [-0.3, -0.25) is 9.88 Å². The Bertz CT molecular complexity index is 487. The molecule has 0 saturated carbocycles.